The molecule has 24 heavy (non-hydrogen) atoms. The second kappa shape index (κ2) is 6.05. The summed E-state index contributed by atoms with van der Waals surface area (Å²) < 4.78 is 2.37. The van der Waals surface area contributed by atoms with E-state index < -0.39 is 0 Å². The Morgan fingerprint density at radius 1 is 0.875 bits per heavy atom. The van der Waals surface area contributed by atoms with Crippen LogP contribution in [0.3, 0.4) is 0 Å². The largest absolute Gasteiger partial charge is 0.213 e. The smallest absolute Gasteiger partial charge is 0.194 e. The molecule has 0 aliphatic heterocycles. The van der Waals surface area contributed by atoms with Gasteiger partial charge in [-0.3, -0.25) is 0 Å². The van der Waals surface area contributed by atoms with E-state index in [4.69, 9.17) is 0 Å². The molecule has 1 heterocycles. The molecule has 0 spiro atoms. The molecule has 0 N–H and O–H groups in total. The second-order valence-corrected chi connectivity index (χ2v) is 7.40. The number of hydrogen-bond donors (Lipinski definition) is 0. The van der Waals surface area contributed by atoms with Crippen LogP contribution in [0, 0.1) is 13.8 Å². The number of pyridine rings is 1. The van der Waals surface area contributed by atoms with Crippen molar-refractivity contribution in [3.8, 4) is 11.3 Å². The van der Waals surface area contributed by atoms with Crippen LogP contribution >= 0.6 is 0 Å². The number of benzene rings is 2. The van der Waals surface area contributed by atoms with Crippen molar-refractivity contribution >= 4 is 10.9 Å². The number of fused-ring (bicyclic) bond motifs is 1. The normalized spacial score (nSPS) is 15.3. The lowest BCUT2D eigenvalue weighted by atomic mass is 9.95. The molecule has 2 aromatic carbocycles. The Hall–Kier alpha value is -2.15. The number of nitrogens with zero attached hydrogens (tertiary/aromatic N) is 1. The monoisotopic (exact) mass is 316 g/mol. The fraction of sp³-hybridized carbons (Fsp3) is 0.348. The molecule has 4 rings (SSSR count). The molecule has 0 saturated heterocycles. The van der Waals surface area contributed by atoms with Crippen LogP contribution in [0.5, 0.6) is 0 Å². The zero-order valence-corrected chi connectivity index (χ0v) is 15.0. The second-order valence-electron chi connectivity index (χ2n) is 7.40. The van der Waals surface area contributed by atoms with Crippen molar-refractivity contribution in [1.82, 2.24) is 0 Å². The van der Waals surface area contributed by atoms with Gasteiger partial charge in [0.05, 0.1) is 0 Å². The molecule has 1 aliphatic carbocycles. The van der Waals surface area contributed by atoms with Gasteiger partial charge in [-0.15, -0.1) is 0 Å². The average Bonchev–Trinajstić information content (AvgIpc) is 3.12. The fourth-order valence-corrected chi connectivity index (χ4v) is 4.20. The Morgan fingerprint density at radius 3 is 2.42 bits per heavy atom. The lowest BCUT2D eigenvalue weighted by Crippen LogP contribution is -2.32. The standard InChI is InChI=1S/C23H26N/c1-16-8-9-17(2)21(14-16)22-13-12-19-10-11-20(15-23(19)24(22)3)18-6-4-5-7-18/h8-15,18H,4-7H2,1-3H3/q+1. The van der Waals surface area contributed by atoms with Crippen molar-refractivity contribution in [3.63, 3.8) is 0 Å². The fourth-order valence-electron chi connectivity index (χ4n) is 4.20. The van der Waals surface area contributed by atoms with Crippen LogP contribution < -0.4 is 4.57 Å². The van der Waals surface area contributed by atoms with Crippen molar-refractivity contribution in [3.05, 3.63) is 65.2 Å². The summed E-state index contributed by atoms with van der Waals surface area (Å²) in [6, 6.07) is 18.3. The van der Waals surface area contributed by atoms with Crippen LogP contribution in [-0.4, -0.2) is 0 Å². The summed E-state index contributed by atoms with van der Waals surface area (Å²) >= 11 is 0. The Balaban J connectivity index is 1.88. The molecule has 0 unspecified atom stereocenters. The molecule has 1 aromatic heterocycles. The van der Waals surface area contributed by atoms with Gasteiger partial charge < -0.3 is 0 Å². The third-order valence-corrected chi connectivity index (χ3v) is 5.69. The van der Waals surface area contributed by atoms with Crippen molar-refractivity contribution < 1.29 is 4.57 Å². The first-order valence-corrected chi connectivity index (χ1v) is 9.14. The van der Waals surface area contributed by atoms with Gasteiger partial charge in [0.25, 0.3) is 0 Å². The van der Waals surface area contributed by atoms with Gasteiger partial charge in [0.2, 0.25) is 11.2 Å². The van der Waals surface area contributed by atoms with Gasteiger partial charge in [0, 0.05) is 23.1 Å². The van der Waals surface area contributed by atoms with Crippen molar-refractivity contribution in [2.45, 2.75) is 45.4 Å². The first-order chi connectivity index (χ1) is 11.6. The first-order valence-electron chi connectivity index (χ1n) is 9.14. The third-order valence-electron chi connectivity index (χ3n) is 5.69. The molecule has 0 atom stereocenters. The molecule has 0 amide bonds. The number of aryl methyl sites for hydroxylation is 3. The van der Waals surface area contributed by atoms with Crippen LogP contribution in [0.1, 0.15) is 48.3 Å². The third kappa shape index (κ3) is 2.62. The van der Waals surface area contributed by atoms with Gasteiger partial charge in [-0.2, -0.15) is 4.57 Å². The van der Waals surface area contributed by atoms with Crippen LogP contribution in [0.15, 0.2) is 48.5 Å². The van der Waals surface area contributed by atoms with Crippen LogP contribution in [-0.2, 0) is 7.05 Å². The van der Waals surface area contributed by atoms with Gasteiger partial charge in [-0.05, 0) is 61.9 Å². The van der Waals surface area contributed by atoms with Crippen molar-refractivity contribution in [1.29, 1.82) is 0 Å². The van der Waals surface area contributed by atoms with E-state index in [9.17, 15) is 0 Å². The van der Waals surface area contributed by atoms with E-state index in [0.717, 1.165) is 5.92 Å². The maximum absolute atomic E-state index is 2.43. The Kier molecular flexibility index (Phi) is 3.88. The molecule has 0 bridgehead atoms. The topological polar surface area (TPSA) is 3.88 Å². The lowest BCUT2D eigenvalue weighted by Gasteiger charge is -2.11. The Bertz CT molecular complexity index is 901. The van der Waals surface area contributed by atoms with Crippen molar-refractivity contribution in [2.24, 2.45) is 7.05 Å². The molecule has 1 heteroatoms. The van der Waals surface area contributed by atoms with E-state index in [1.54, 1.807) is 0 Å². The van der Waals surface area contributed by atoms with Crippen LogP contribution in [0.4, 0.5) is 0 Å². The van der Waals surface area contributed by atoms with Crippen LogP contribution in [0.25, 0.3) is 22.2 Å². The molecule has 1 aliphatic rings. The predicted molar refractivity (Wildman–Crippen MR) is 101 cm³/mol. The Labute approximate surface area is 145 Å². The molecule has 0 radical (unpaired) electrons. The van der Waals surface area contributed by atoms with E-state index in [0.29, 0.717) is 0 Å². The number of hydrogen-bond acceptors (Lipinski definition) is 0. The summed E-state index contributed by atoms with van der Waals surface area (Å²) in [6.45, 7) is 4.37. The van der Waals surface area contributed by atoms with E-state index >= 15 is 0 Å². The van der Waals surface area contributed by atoms with E-state index in [1.807, 2.05) is 0 Å². The van der Waals surface area contributed by atoms with Gasteiger partial charge in [-0.1, -0.05) is 36.6 Å². The van der Waals surface area contributed by atoms with E-state index in [-0.39, 0.29) is 0 Å². The predicted octanol–water partition coefficient (Wildman–Crippen LogP) is 5.61. The Morgan fingerprint density at radius 2 is 1.62 bits per heavy atom. The van der Waals surface area contributed by atoms with Gasteiger partial charge >= 0.3 is 0 Å². The summed E-state index contributed by atoms with van der Waals surface area (Å²) in [6.07, 6.45) is 5.48. The van der Waals surface area contributed by atoms with Gasteiger partial charge in [-0.25, -0.2) is 0 Å². The van der Waals surface area contributed by atoms with E-state index in [1.165, 1.54) is 64.5 Å². The first kappa shape index (κ1) is 15.4. The minimum Gasteiger partial charge on any atom is -0.194 e. The van der Waals surface area contributed by atoms with Gasteiger partial charge in [0.1, 0.15) is 7.05 Å². The zero-order valence-electron chi connectivity index (χ0n) is 15.0. The molecule has 122 valence electrons. The highest BCUT2D eigenvalue weighted by atomic mass is 14.9. The van der Waals surface area contributed by atoms with Crippen molar-refractivity contribution in [2.75, 3.05) is 0 Å². The molecular weight excluding hydrogens is 290 g/mol. The molecule has 3 aromatic rings. The molecule has 1 saturated carbocycles. The highest BCUT2D eigenvalue weighted by molar-refractivity contribution is 5.79. The minimum atomic E-state index is 0.763. The quantitative estimate of drug-likeness (QED) is 0.541. The minimum absolute atomic E-state index is 0.763. The summed E-state index contributed by atoms with van der Waals surface area (Å²) in [5.74, 6) is 0.763. The average molecular weight is 316 g/mol. The molecular formula is C23H26N+. The van der Waals surface area contributed by atoms with E-state index in [2.05, 4.69) is 74.0 Å². The van der Waals surface area contributed by atoms with Gasteiger partial charge in [0.15, 0.2) is 0 Å². The SMILES string of the molecule is Cc1ccc(C)c(-c2ccc3ccc(C4CCCC4)cc3[n+]2C)c1. The summed E-state index contributed by atoms with van der Waals surface area (Å²) in [7, 11) is 2.21. The maximum atomic E-state index is 2.43. The highest BCUT2D eigenvalue weighted by Crippen LogP contribution is 2.35. The lowest BCUT2D eigenvalue weighted by molar-refractivity contribution is -0.633. The van der Waals surface area contributed by atoms with Crippen LogP contribution in [0.2, 0.25) is 0 Å². The molecule has 1 nitrogen and oxygen atoms in total. The molecule has 1 fully saturated rings. The highest BCUT2D eigenvalue weighted by Gasteiger charge is 2.20. The summed E-state index contributed by atoms with van der Waals surface area (Å²) in [4.78, 5) is 0. The number of rotatable bonds is 2. The number of aromatic nitrogens is 1. The maximum Gasteiger partial charge on any atom is 0.213 e. The summed E-state index contributed by atoms with van der Waals surface area (Å²) in [5, 5.41) is 1.33. The summed E-state index contributed by atoms with van der Waals surface area (Å²) in [5.41, 5.74) is 8.15. The zero-order chi connectivity index (χ0) is 16.7.